The van der Waals surface area contributed by atoms with E-state index in [0.717, 1.165) is 23.6 Å². The van der Waals surface area contributed by atoms with Crippen LogP contribution >= 0.6 is 0 Å². The Kier molecular flexibility index (Phi) is 3.50. The van der Waals surface area contributed by atoms with E-state index >= 15 is 0 Å². The number of carbonyl (C=O) groups is 1. The summed E-state index contributed by atoms with van der Waals surface area (Å²) < 4.78 is 5.46. The molecule has 0 saturated carbocycles. The number of aromatic nitrogens is 1. The number of fused-ring (bicyclic) bond motifs is 1. The number of aldehydes is 1. The van der Waals surface area contributed by atoms with Gasteiger partial charge in [-0.3, -0.25) is 4.79 Å². The summed E-state index contributed by atoms with van der Waals surface area (Å²) >= 11 is 0. The first kappa shape index (κ1) is 11.3. The lowest BCUT2D eigenvalue weighted by atomic mass is 10.1. The van der Waals surface area contributed by atoms with Gasteiger partial charge in [-0.05, 0) is 18.6 Å². The van der Waals surface area contributed by atoms with Crippen LogP contribution in [0.25, 0.3) is 10.9 Å². The standard InChI is InChI=1S/C14H13NO2/c1-2-3-8-17-14-12(10-16)9-11-6-4-5-7-13(11)15-14/h2,4-7,9-10H,1,3,8H2. The van der Waals surface area contributed by atoms with Crippen LogP contribution < -0.4 is 4.74 Å². The van der Waals surface area contributed by atoms with Crippen molar-refractivity contribution in [3.05, 3.63) is 48.6 Å². The molecule has 0 bridgehead atoms. The third-order valence-electron chi connectivity index (χ3n) is 2.40. The fourth-order valence-electron chi connectivity index (χ4n) is 1.55. The maximum Gasteiger partial charge on any atom is 0.224 e. The average molecular weight is 227 g/mol. The summed E-state index contributed by atoms with van der Waals surface area (Å²) in [5, 5.41) is 0.936. The van der Waals surface area contributed by atoms with Gasteiger partial charge in [0, 0.05) is 5.39 Å². The van der Waals surface area contributed by atoms with Gasteiger partial charge in [0.25, 0.3) is 0 Å². The van der Waals surface area contributed by atoms with Crippen LogP contribution in [0.5, 0.6) is 5.88 Å². The molecule has 1 aromatic carbocycles. The van der Waals surface area contributed by atoms with Crippen molar-refractivity contribution in [3.8, 4) is 5.88 Å². The van der Waals surface area contributed by atoms with Crippen molar-refractivity contribution in [2.75, 3.05) is 6.61 Å². The maximum atomic E-state index is 11.0. The Hall–Kier alpha value is -2.16. The molecule has 0 aliphatic carbocycles. The van der Waals surface area contributed by atoms with Crippen molar-refractivity contribution in [2.24, 2.45) is 0 Å². The predicted molar refractivity (Wildman–Crippen MR) is 67.4 cm³/mol. The van der Waals surface area contributed by atoms with Gasteiger partial charge in [-0.2, -0.15) is 0 Å². The summed E-state index contributed by atoms with van der Waals surface area (Å²) in [7, 11) is 0. The van der Waals surface area contributed by atoms with Crippen molar-refractivity contribution in [3.63, 3.8) is 0 Å². The highest BCUT2D eigenvalue weighted by Gasteiger charge is 2.06. The van der Waals surface area contributed by atoms with E-state index in [2.05, 4.69) is 11.6 Å². The first-order valence-corrected chi connectivity index (χ1v) is 5.44. The Morgan fingerprint density at radius 1 is 1.35 bits per heavy atom. The quantitative estimate of drug-likeness (QED) is 0.448. The Labute approximate surface area is 99.7 Å². The lowest BCUT2D eigenvalue weighted by Gasteiger charge is -2.07. The summed E-state index contributed by atoms with van der Waals surface area (Å²) in [6.45, 7) is 4.10. The van der Waals surface area contributed by atoms with Crippen LogP contribution in [0.3, 0.4) is 0 Å². The monoisotopic (exact) mass is 227 g/mol. The lowest BCUT2D eigenvalue weighted by Crippen LogP contribution is -2.01. The van der Waals surface area contributed by atoms with Crippen LogP contribution in [0, 0.1) is 0 Å². The van der Waals surface area contributed by atoms with Gasteiger partial charge in [-0.1, -0.05) is 24.3 Å². The topological polar surface area (TPSA) is 39.2 Å². The van der Waals surface area contributed by atoms with Crippen LogP contribution in [0.15, 0.2) is 43.0 Å². The number of benzene rings is 1. The van der Waals surface area contributed by atoms with E-state index < -0.39 is 0 Å². The summed E-state index contributed by atoms with van der Waals surface area (Å²) in [6.07, 6.45) is 3.26. The fourth-order valence-corrected chi connectivity index (χ4v) is 1.55. The molecular weight excluding hydrogens is 214 g/mol. The van der Waals surface area contributed by atoms with Crippen LogP contribution in [0.2, 0.25) is 0 Å². The number of hydrogen-bond donors (Lipinski definition) is 0. The summed E-state index contributed by atoms with van der Waals surface area (Å²) in [4.78, 5) is 15.3. The average Bonchev–Trinajstić information content (AvgIpc) is 2.38. The molecule has 0 atom stereocenters. The predicted octanol–water partition coefficient (Wildman–Crippen LogP) is 3.00. The Balaban J connectivity index is 2.38. The summed E-state index contributed by atoms with van der Waals surface area (Å²) in [6, 6.07) is 9.42. The molecule has 17 heavy (non-hydrogen) atoms. The van der Waals surface area contributed by atoms with E-state index in [9.17, 15) is 4.79 Å². The van der Waals surface area contributed by atoms with Crippen molar-refractivity contribution in [1.29, 1.82) is 0 Å². The number of para-hydroxylation sites is 1. The molecule has 0 radical (unpaired) electrons. The molecular formula is C14H13NO2. The molecule has 1 heterocycles. The number of pyridine rings is 1. The molecule has 3 nitrogen and oxygen atoms in total. The zero-order valence-corrected chi connectivity index (χ0v) is 9.43. The van der Waals surface area contributed by atoms with Gasteiger partial charge in [-0.25, -0.2) is 4.98 Å². The molecule has 0 unspecified atom stereocenters. The smallest absolute Gasteiger partial charge is 0.224 e. The Morgan fingerprint density at radius 3 is 2.94 bits per heavy atom. The zero-order chi connectivity index (χ0) is 12.1. The van der Waals surface area contributed by atoms with E-state index in [4.69, 9.17) is 4.74 Å². The minimum Gasteiger partial charge on any atom is -0.477 e. The van der Waals surface area contributed by atoms with E-state index in [0.29, 0.717) is 18.1 Å². The molecule has 0 aliphatic heterocycles. The zero-order valence-electron chi connectivity index (χ0n) is 9.43. The van der Waals surface area contributed by atoms with Gasteiger partial charge in [0.2, 0.25) is 5.88 Å². The lowest BCUT2D eigenvalue weighted by molar-refractivity contribution is 0.111. The maximum absolute atomic E-state index is 11.0. The summed E-state index contributed by atoms with van der Waals surface area (Å²) in [5.41, 5.74) is 1.31. The molecule has 0 N–H and O–H groups in total. The first-order chi connectivity index (χ1) is 8.35. The Morgan fingerprint density at radius 2 is 2.18 bits per heavy atom. The molecule has 3 heteroatoms. The van der Waals surface area contributed by atoms with E-state index in [1.54, 1.807) is 12.1 Å². The van der Waals surface area contributed by atoms with E-state index in [1.807, 2.05) is 24.3 Å². The first-order valence-electron chi connectivity index (χ1n) is 5.44. The normalized spacial score (nSPS) is 10.1. The minimum atomic E-state index is 0.389. The molecule has 1 aromatic heterocycles. The van der Waals surface area contributed by atoms with Crippen molar-refractivity contribution >= 4 is 17.2 Å². The highest BCUT2D eigenvalue weighted by atomic mass is 16.5. The molecule has 2 rings (SSSR count). The highest BCUT2D eigenvalue weighted by Crippen LogP contribution is 2.20. The van der Waals surface area contributed by atoms with Crippen LogP contribution in [0.4, 0.5) is 0 Å². The molecule has 0 spiro atoms. The molecule has 2 aromatic rings. The van der Waals surface area contributed by atoms with Crippen molar-refractivity contribution in [2.45, 2.75) is 6.42 Å². The summed E-state index contributed by atoms with van der Waals surface area (Å²) in [5.74, 6) is 0.389. The molecule has 0 saturated heterocycles. The van der Waals surface area contributed by atoms with Gasteiger partial charge in [0.1, 0.15) is 0 Å². The van der Waals surface area contributed by atoms with Crippen molar-refractivity contribution < 1.29 is 9.53 Å². The molecule has 0 amide bonds. The van der Waals surface area contributed by atoms with Crippen LogP contribution in [0.1, 0.15) is 16.8 Å². The van der Waals surface area contributed by atoms with Crippen LogP contribution in [-0.2, 0) is 0 Å². The molecule has 0 aliphatic rings. The minimum absolute atomic E-state index is 0.389. The van der Waals surface area contributed by atoms with Gasteiger partial charge in [0.15, 0.2) is 6.29 Å². The number of carbonyl (C=O) groups excluding carboxylic acids is 1. The van der Waals surface area contributed by atoms with Gasteiger partial charge < -0.3 is 4.74 Å². The van der Waals surface area contributed by atoms with Crippen LogP contribution in [-0.4, -0.2) is 17.9 Å². The second-order valence-corrected chi connectivity index (χ2v) is 3.62. The van der Waals surface area contributed by atoms with E-state index in [1.165, 1.54) is 0 Å². The number of ether oxygens (including phenoxy) is 1. The molecule has 86 valence electrons. The fraction of sp³-hybridized carbons (Fsp3) is 0.143. The van der Waals surface area contributed by atoms with Crippen molar-refractivity contribution in [1.82, 2.24) is 4.98 Å². The third-order valence-corrected chi connectivity index (χ3v) is 2.40. The van der Waals surface area contributed by atoms with Gasteiger partial charge >= 0.3 is 0 Å². The number of rotatable bonds is 5. The third kappa shape index (κ3) is 2.50. The molecule has 0 fully saturated rings. The largest absolute Gasteiger partial charge is 0.477 e. The second kappa shape index (κ2) is 5.25. The van der Waals surface area contributed by atoms with Gasteiger partial charge in [0.05, 0.1) is 17.7 Å². The second-order valence-electron chi connectivity index (χ2n) is 3.62. The highest BCUT2D eigenvalue weighted by molar-refractivity contribution is 5.88. The SMILES string of the molecule is C=CCCOc1nc2ccccc2cc1C=O. The number of hydrogen-bond acceptors (Lipinski definition) is 3. The van der Waals surface area contributed by atoms with E-state index in [-0.39, 0.29) is 0 Å². The van der Waals surface area contributed by atoms with Gasteiger partial charge in [-0.15, -0.1) is 6.58 Å². The number of nitrogens with zero attached hydrogens (tertiary/aromatic N) is 1. The Bertz CT molecular complexity index is 549.